The Morgan fingerprint density at radius 3 is 2.43 bits per heavy atom. The number of rotatable bonds is 10. The lowest BCUT2D eigenvalue weighted by Gasteiger charge is -2.23. The first-order valence-corrected chi connectivity index (χ1v) is 12.5. The van der Waals surface area contributed by atoms with Crippen molar-refractivity contribution < 1.29 is 9.53 Å². The molecule has 35 heavy (non-hydrogen) atoms. The van der Waals surface area contributed by atoms with E-state index in [0.717, 1.165) is 16.7 Å². The predicted octanol–water partition coefficient (Wildman–Crippen LogP) is 4.52. The second kappa shape index (κ2) is 11.8. The molecule has 180 valence electrons. The van der Waals surface area contributed by atoms with Gasteiger partial charge in [0.2, 0.25) is 5.91 Å². The first-order valence-electron chi connectivity index (χ1n) is 11.5. The third kappa shape index (κ3) is 6.38. The molecule has 3 aromatic carbocycles. The summed E-state index contributed by atoms with van der Waals surface area (Å²) in [6.45, 7) is 3.88. The number of thioether (sulfide) groups is 1. The zero-order valence-electron chi connectivity index (χ0n) is 20.0. The lowest BCUT2D eigenvalue weighted by Crippen LogP contribution is -2.35. The standard InChI is InChI=1S/C28H29N3O3S/c1-21-12-14-23(15-13-21)19-31-27(33)24-10-6-7-11-25(24)29-28(31)35-20-26(32)30(16-17-34-2)18-22-8-4-3-5-9-22/h3-15H,16-20H2,1-2H3. The van der Waals surface area contributed by atoms with Gasteiger partial charge in [0, 0.05) is 20.2 Å². The first kappa shape index (κ1) is 24.7. The average Bonchev–Trinajstić information content (AvgIpc) is 2.88. The summed E-state index contributed by atoms with van der Waals surface area (Å²) in [4.78, 5) is 33.1. The van der Waals surface area contributed by atoms with Gasteiger partial charge in [-0.1, -0.05) is 84.1 Å². The highest BCUT2D eigenvalue weighted by Gasteiger charge is 2.18. The van der Waals surface area contributed by atoms with Crippen molar-refractivity contribution in [3.05, 3.63) is 106 Å². The Bertz CT molecular complexity index is 1340. The van der Waals surface area contributed by atoms with Crippen LogP contribution in [0.1, 0.15) is 16.7 Å². The number of methoxy groups -OCH3 is 1. The molecule has 4 rings (SSSR count). The molecule has 0 radical (unpaired) electrons. The first-order chi connectivity index (χ1) is 17.0. The third-order valence-electron chi connectivity index (χ3n) is 5.75. The average molecular weight is 488 g/mol. The maximum atomic E-state index is 13.4. The van der Waals surface area contributed by atoms with E-state index in [-0.39, 0.29) is 17.2 Å². The number of fused-ring (bicyclic) bond motifs is 1. The lowest BCUT2D eigenvalue weighted by molar-refractivity contribution is -0.129. The number of nitrogens with zero attached hydrogens (tertiary/aromatic N) is 3. The molecule has 1 heterocycles. The van der Waals surface area contributed by atoms with Crippen molar-refractivity contribution in [2.45, 2.75) is 25.2 Å². The smallest absolute Gasteiger partial charge is 0.262 e. The Morgan fingerprint density at radius 1 is 0.971 bits per heavy atom. The van der Waals surface area contributed by atoms with E-state index >= 15 is 0 Å². The number of hydrogen-bond acceptors (Lipinski definition) is 5. The fourth-order valence-electron chi connectivity index (χ4n) is 3.79. The number of benzene rings is 3. The molecule has 0 saturated carbocycles. The van der Waals surface area contributed by atoms with E-state index < -0.39 is 0 Å². The van der Waals surface area contributed by atoms with Crippen LogP contribution < -0.4 is 5.56 Å². The highest BCUT2D eigenvalue weighted by Crippen LogP contribution is 2.20. The van der Waals surface area contributed by atoms with E-state index in [4.69, 9.17) is 9.72 Å². The van der Waals surface area contributed by atoms with Crippen LogP contribution in [0.5, 0.6) is 0 Å². The van der Waals surface area contributed by atoms with Gasteiger partial charge in [-0.05, 0) is 30.2 Å². The van der Waals surface area contributed by atoms with Crippen molar-refractivity contribution in [3.8, 4) is 0 Å². The molecule has 0 N–H and O–H groups in total. The van der Waals surface area contributed by atoms with Gasteiger partial charge in [0.25, 0.3) is 5.56 Å². The van der Waals surface area contributed by atoms with Crippen LogP contribution in [0.4, 0.5) is 0 Å². The van der Waals surface area contributed by atoms with Crippen LogP contribution in [0.3, 0.4) is 0 Å². The van der Waals surface area contributed by atoms with Gasteiger partial charge in [-0.3, -0.25) is 14.2 Å². The fraction of sp³-hybridized carbons (Fsp3) is 0.250. The van der Waals surface area contributed by atoms with Gasteiger partial charge in [0.15, 0.2) is 5.16 Å². The van der Waals surface area contributed by atoms with Crippen LogP contribution in [0.25, 0.3) is 10.9 Å². The molecule has 0 aliphatic carbocycles. The van der Waals surface area contributed by atoms with Crippen LogP contribution in [0.15, 0.2) is 88.8 Å². The predicted molar refractivity (Wildman–Crippen MR) is 141 cm³/mol. The summed E-state index contributed by atoms with van der Waals surface area (Å²) >= 11 is 1.30. The summed E-state index contributed by atoms with van der Waals surface area (Å²) in [6, 6.07) is 25.3. The van der Waals surface area contributed by atoms with Gasteiger partial charge in [0.05, 0.1) is 29.8 Å². The summed E-state index contributed by atoms with van der Waals surface area (Å²) in [5.74, 6) is 0.148. The number of ether oxygens (including phenoxy) is 1. The van der Waals surface area contributed by atoms with Crippen molar-refractivity contribution >= 4 is 28.6 Å². The van der Waals surface area contributed by atoms with Gasteiger partial charge in [0.1, 0.15) is 0 Å². The van der Waals surface area contributed by atoms with Crippen molar-refractivity contribution in [2.75, 3.05) is 26.0 Å². The third-order valence-corrected chi connectivity index (χ3v) is 6.71. The highest BCUT2D eigenvalue weighted by molar-refractivity contribution is 7.99. The van der Waals surface area contributed by atoms with E-state index in [1.165, 1.54) is 11.8 Å². The SMILES string of the molecule is COCCN(Cc1ccccc1)C(=O)CSc1nc2ccccc2c(=O)n1Cc1ccc(C)cc1. The number of carbonyl (C=O) groups excluding carboxylic acids is 1. The molecule has 0 saturated heterocycles. The Morgan fingerprint density at radius 2 is 1.69 bits per heavy atom. The molecule has 0 spiro atoms. The Kier molecular flexibility index (Phi) is 8.34. The van der Waals surface area contributed by atoms with Gasteiger partial charge in [-0.2, -0.15) is 0 Å². The monoisotopic (exact) mass is 487 g/mol. The fourth-order valence-corrected chi connectivity index (χ4v) is 4.69. The number of aryl methyl sites for hydroxylation is 1. The summed E-state index contributed by atoms with van der Waals surface area (Å²) < 4.78 is 6.89. The largest absolute Gasteiger partial charge is 0.383 e. The van der Waals surface area contributed by atoms with Gasteiger partial charge in [-0.15, -0.1) is 0 Å². The van der Waals surface area contributed by atoms with Gasteiger partial charge in [-0.25, -0.2) is 4.98 Å². The topological polar surface area (TPSA) is 64.4 Å². The zero-order valence-corrected chi connectivity index (χ0v) is 20.8. The summed E-state index contributed by atoms with van der Waals surface area (Å²) in [5, 5.41) is 1.11. The maximum Gasteiger partial charge on any atom is 0.262 e. The molecular weight excluding hydrogens is 458 g/mol. The molecule has 1 amide bonds. The summed E-state index contributed by atoms with van der Waals surface area (Å²) in [7, 11) is 1.63. The van der Waals surface area contributed by atoms with Crippen LogP contribution in [0, 0.1) is 6.92 Å². The van der Waals surface area contributed by atoms with Crippen molar-refractivity contribution in [3.63, 3.8) is 0 Å². The van der Waals surface area contributed by atoms with E-state index in [2.05, 4.69) is 0 Å². The molecule has 7 heteroatoms. The Labute approximate surface area is 209 Å². The zero-order chi connectivity index (χ0) is 24.6. The molecule has 0 fully saturated rings. The quantitative estimate of drug-likeness (QED) is 0.243. The molecule has 1 aromatic heterocycles. The van der Waals surface area contributed by atoms with Crippen LogP contribution in [-0.2, 0) is 22.6 Å². The second-order valence-corrected chi connectivity index (χ2v) is 9.31. The molecule has 6 nitrogen and oxygen atoms in total. The van der Waals surface area contributed by atoms with Gasteiger partial charge >= 0.3 is 0 Å². The molecule has 4 aromatic rings. The van der Waals surface area contributed by atoms with Crippen molar-refractivity contribution in [2.24, 2.45) is 0 Å². The number of hydrogen-bond donors (Lipinski definition) is 0. The number of carbonyl (C=O) groups is 1. The van der Waals surface area contributed by atoms with E-state index in [0.29, 0.717) is 42.3 Å². The van der Waals surface area contributed by atoms with Gasteiger partial charge < -0.3 is 9.64 Å². The Hall–Kier alpha value is -3.42. The minimum absolute atomic E-state index is 0.0276. The minimum Gasteiger partial charge on any atom is -0.383 e. The Balaban J connectivity index is 1.59. The van der Waals surface area contributed by atoms with Crippen LogP contribution in [0.2, 0.25) is 0 Å². The van der Waals surface area contributed by atoms with E-state index in [9.17, 15) is 9.59 Å². The molecule has 0 aliphatic heterocycles. The maximum absolute atomic E-state index is 13.4. The summed E-state index contributed by atoms with van der Waals surface area (Å²) in [6.07, 6.45) is 0. The second-order valence-electron chi connectivity index (χ2n) is 8.37. The lowest BCUT2D eigenvalue weighted by atomic mass is 10.1. The number of aromatic nitrogens is 2. The van der Waals surface area contributed by atoms with Crippen molar-refractivity contribution in [1.82, 2.24) is 14.5 Å². The molecule has 0 bridgehead atoms. The molecule has 0 unspecified atom stereocenters. The van der Waals surface area contributed by atoms with Crippen LogP contribution >= 0.6 is 11.8 Å². The highest BCUT2D eigenvalue weighted by atomic mass is 32.2. The number of para-hydroxylation sites is 1. The van der Waals surface area contributed by atoms with E-state index in [1.807, 2.05) is 79.7 Å². The molecule has 0 aliphatic rings. The normalized spacial score (nSPS) is 11.0. The van der Waals surface area contributed by atoms with Crippen LogP contribution in [-0.4, -0.2) is 46.4 Å². The minimum atomic E-state index is -0.105. The summed E-state index contributed by atoms with van der Waals surface area (Å²) in [5.41, 5.74) is 3.75. The molecular formula is C28H29N3O3S. The van der Waals surface area contributed by atoms with E-state index in [1.54, 1.807) is 22.6 Å². The van der Waals surface area contributed by atoms with Crippen molar-refractivity contribution in [1.29, 1.82) is 0 Å². The molecule has 0 atom stereocenters. The number of amides is 1.